The summed E-state index contributed by atoms with van der Waals surface area (Å²) in [5.74, 6) is 0. The Bertz CT molecular complexity index is 88.2. The van der Waals surface area contributed by atoms with Gasteiger partial charge < -0.3 is 10.1 Å². The summed E-state index contributed by atoms with van der Waals surface area (Å²) in [6.07, 6.45) is 2.49. The van der Waals surface area contributed by atoms with Crippen molar-refractivity contribution in [3.63, 3.8) is 0 Å². The van der Waals surface area contributed by atoms with Gasteiger partial charge in [0.1, 0.15) is 0 Å². The van der Waals surface area contributed by atoms with Gasteiger partial charge in [-0.25, -0.2) is 0 Å². The minimum atomic E-state index is 0.711. The van der Waals surface area contributed by atoms with E-state index in [0.717, 1.165) is 6.54 Å². The third-order valence-corrected chi connectivity index (χ3v) is 2.14. The van der Waals surface area contributed by atoms with Gasteiger partial charge >= 0.3 is 0 Å². The molecule has 2 nitrogen and oxygen atoms in total. The molecule has 1 unspecified atom stereocenters. The van der Waals surface area contributed by atoms with E-state index in [0.29, 0.717) is 6.04 Å². The molecule has 0 aliphatic heterocycles. The molecule has 0 aliphatic carbocycles. The minimum Gasteiger partial charge on any atom is -0.346 e. The van der Waals surface area contributed by atoms with Gasteiger partial charge in [-0.1, -0.05) is 13.8 Å². The van der Waals surface area contributed by atoms with Crippen molar-refractivity contribution in [2.75, 3.05) is 20.1 Å². The van der Waals surface area contributed by atoms with Crippen LogP contribution in [-0.4, -0.2) is 39.0 Å². The zero-order chi connectivity index (χ0) is 8.69. The lowest BCUT2D eigenvalue weighted by Crippen LogP contribution is -2.33. The Labute approximate surface area is 71.8 Å². The van der Waals surface area contributed by atoms with Crippen LogP contribution in [-0.2, 0) is 0 Å². The van der Waals surface area contributed by atoms with Crippen LogP contribution in [0, 0.1) is 0 Å². The fraction of sp³-hybridized carbons (Fsp3) is 1.00. The maximum atomic E-state index is 3.17. The first-order chi connectivity index (χ1) is 5.22. The normalized spacial score (nSPS) is 13.8. The molecule has 0 fully saturated rings. The Balaban J connectivity index is 3.38. The quantitative estimate of drug-likeness (QED) is 0.554. The van der Waals surface area contributed by atoms with Crippen molar-refractivity contribution in [1.29, 1.82) is 0 Å². The Morgan fingerprint density at radius 3 is 2.64 bits per heavy atom. The largest absolute Gasteiger partial charge is 0.346 e. The zero-order valence-corrected chi connectivity index (χ0v) is 8.35. The van der Waals surface area contributed by atoms with Gasteiger partial charge in [0.15, 0.2) is 7.98 Å². The Hall–Kier alpha value is -0.0151. The summed E-state index contributed by atoms with van der Waals surface area (Å²) >= 11 is 0. The fourth-order valence-electron chi connectivity index (χ4n) is 1.15. The van der Waals surface area contributed by atoms with Crippen molar-refractivity contribution in [2.24, 2.45) is 0 Å². The maximum absolute atomic E-state index is 3.17. The van der Waals surface area contributed by atoms with Gasteiger partial charge in [-0.2, -0.15) is 0 Å². The molecule has 1 atom stereocenters. The van der Waals surface area contributed by atoms with Gasteiger partial charge in [-0.15, -0.1) is 0 Å². The minimum absolute atomic E-state index is 0.711. The number of hydrogen-bond acceptors (Lipinski definition) is 2. The van der Waals surface area contributed by atoms with Crippen molar-refractivity contribution in [3.8, 4) is 0 Å². The molecule has 0 saturated heterocycles. The van der Waals surface area contributed by atoms with Crippen LogP contribution in [0.2, 0.25) is 0 Å². The van der Waals surface area contributed by atoms with Crippen LogP contribution >= 0.6 is 0 Å². The van der Waals surface area contributed by atoms with Crippen LogP contribution in [0.5, 0.6) is 0 Å². The van der Waals surface area contributed by atoms with E-state index in [1.807, 2.05) is 7.05 Å². The number of hydrogen-bond donors (Lipinski definition) is 1. The monoisotopic (exact) mass is 156 g/mol. The van der Waals surface area contributed by atoms with Crippen molar-refractivity contribution < 1.29 is 0 Å². The SMILES string of the molecule is BN(CCC)C(C)CCNC. The molecule has 3 heteroatoms. The molecule has 0 saturated carbocycles. The lowest BCUT2D eigenvalue weighted by Gasteiger charge is -2.24. The highest BCUT2D eigenvalue weighted by atomic mass is 15.1. The molecule has 0 aliphatic rings. The van der Waals surface area contributed by atoms with Crippen LogP contribution in [0.15, 0.2) is 0 Å². The molecule has 0 radical (unpaired) electrons. The first kappa shape index (κ1) is 11.0. The topological polar surface area (TPSA) is 15.3 Å². The summed E-state index contributed by atoms with van der Waals surface area (Å²) < 4.78 is 0. The van der Waals surface area contributed by atoms with Crippen molar-refractivity contribution in [2.45, 2.75) is 32.7 Å². The summed E-state index contributed by atoms with van der Waals surface area (Å²) in [5.41, 5.74) is 0. The predicted octanol–water partition coefficient (Wildman–Crippen LogP) is 0.245. The molecule has 11 heavy (non-hydrogen) atoms. The lowest BCUT2D eigenvalue weighted by molar-refractivity contribution is 0.339. The van der Waals surface area contributed by atoms with Gasteiger partial charge in [0, 0.05) is 0 Å². The third-order valence-electron chi connectivity index (χ3n) is 2.14. The van der Waals surface area contributed by atoms with E-state index < -0.39 is 0 Å². The van der Waals surface area contributed by atoms with Crippen molar-refractivity contribution in [1.82, 2.24) is 10.1 Å². The maximum Gasteiger partial charge on any atom is 0.185 e. The van der Waals surface area contributed by atoms with E-state index in [9.17, 15) is 0 Å². The molecule has 0 spiro atoms. The highest BCUT2D eigenvalue weighted by Crippen LogP contribution is 1.99. The van der Waals surface area contributed by atoms with Crippen LogP contribution < -0.4 is 5.32 Å². The Morgan fingerprint density at radius 2 is 2.18 bits per heavy atom. The van der Waals surface area contributed by atoms with Gasteiger partial charge in [-0.3, -0.25) is 0 Å². The molecule has 0 aromatic rings. The predicted molar refractivity (Wildman–Crippen MR) is 53.5 cm³/mol. The second-order valence-corrected chi connectivity index (χ2v) is 3.22. The third kappa shape index (κ3) is 5.28. The van der Waals surface area contributed by atoms with Crippen LogP contribution in [0.3, 0.4) is 0 Å². The Kier molecular flexibility index (Phi) is 6.67. The molecule has 0 bridgehead atoms. The van der Waals surface area contributed by atoms with Crippen LogP contribution in [0.4, 0.5) is 0 Å². The molecule has 0 amide bonds. The fourth-order valence-corrected chi connectivity index (χ4v) is 1.15. The van der Waals surface area contributed by atoms with E-state index >= 15 is 0 Å². The molecule has 0 aromatic carbocycles. The molecule has 66 valence electrons. The van der Waals surface area contributed by atoms with Gasteiger partial charge in [-0.05, 0) is 39.0 Å². The van der Waals surface area contributed by atoms with E-state index in [1.165, 1.54) is 19.4 Å². The molecule has 0 heterocycles. The van der Waals surface area contributed by atoms with Crippen LogP contribution in [0.25, 0.3) is 0 Å². The van der Waals surface area contributed by atoms with Gasteiger partial charge in [0.25, 0.3) is 0 Å². The highest BCUT2D eigenvalue weighted by Gasteiger charge is 2.05. The van der Waals surface area contributed by atoms with E-state index in [-0.39, 0.29) is 0 Å². The second kappa shape index (κ2) is 6.68. The molecular formula is C8H21BN2. The number of nitrogens with one attached hydrogen (secondary N) is 1. The Morgan fingerprint density at radius 1 is 1.55 bits per heavy atom. The average molecular weight is 156 g/mol. The van der Waals surface area contributed by atoms with E-state index in [4.69, 9.17) is 0 Å². The van der Waals surface area contributed by atoms with Crippen molar-refractivity contribution in [3.05, 3.63) is 0 Å². The molecule has 0 aromatic heterocycles. The first-order valence-corrected chi connectivity index (χ1v) is 4.57. The second-order valence-electron chi connectivity index (χ2n) is 3.22. The lowest BCUT2D eigenvalue weighted by atomic mass is 10.1. The van der Waals surface area contributed by atoms with Gasteiger partial charge in [0.2, 0.25) is 0 Å². The summed E-state index contributed by atoms with van der Waals surface area (Å²) in [4.78, 5) is 2.41. The zero-order valence-electron chi connectivity index (χ0n) is 8.35. The van der Waals surface area contributed by atoms with Crippen molar-refractivity contribution >= 4 is 7.98 Å². The summed E-state index contributed by atoms with van der Waals surface area (Å²) in [7, 11) is 4.20. The van der Waals surface area contributed by atoms with E-state index in [1.54, 1.807) is 0 Å². The van der Waals surface area contributed by atoms with Crippen LogP contribution in [0.1, 0.15) is 26.7 Å². The van der Waals surface area contributed by atoms with E-state index in [2.05, 4.69) is 32.0 Å². The highest BCUT2D eigenvalue weighted by molar-refractivity contribution is 6.04. The molecule has 0 rings (SSSR count). The van der Waals surface area contributed by atoms with Gasteiger partial charge in [0.05, 0.1) is 0 Å². The molecular weight excluding hydrogens is 135 g/mol. The summed E-state index contributed by atoms with van der Waals surface area (Å²) in [5, 5.41) is 3.17. The summed E-state index contributed by atoms with van der Waals surface area (Å²) in [6.45, 7) is 6.84. The smallest absolute Gasteiger partial charge is 0.185 e. The average Bonchev–Trinajstić information content (AvgIpc) is 2.00. The standard InChI is InChI=1S/C8H21BN2/c1-4-7-11(9)8(2)5-6-10-3/h8,10H,4-7,9H2,1-3H3. The molecule has 1 N–H and O–H groups in total. The number of nitrogens with zero attached hydrogens (tertiary/aromatic N) is 1. The summed E-state index contributed by atoms with van der Waals surface area (Å²) in [6, 6.07) is 0.711. The number of rotatable bonds is 6. The first-order valence-electron chi connectivity index (χ1n) is 4.57.